The topological polar surface area (TPSA) is 88.1 Å². The van der Waals surface area contributed by atoms with E-state index in [9.17, 15) is 31.3 Å². The third kappa shape index (κ3) is 5.06. The van der Waals surface area contributed by atoms with Crippen molar-refractivity contribution in [3.8, 4) is 0 Å². The molecule has 214 valence electrons. The largest absolute Gasteiger partial charge is 0.416 e. The Morgan fingerprint density at radius 2 is 1.80 bits per heavy atom. The summed E-state index contributed by atoms with van der Waals surface area (Å²) in [6.07, 6.45) is -5.15. The second-order valence-corrected chi connectivity index (χ2v) is 13.8. The lowest BCUT2D eigenvalue weighted by Gasteiger charge is -2.34. The first-order valence-corrected chi connectivity index (χ1v) is 15.1. The van der Waals surface area contributed by atoms with Gasteiger partial charge in [0.15, 0.2) is 0 Å². The molecule has 2 aromatic heterocycles. The minimum Gasteiger partial charge on any atom is -0.363 e. The molecule has 1 aliphatic carbocycles. The summed E-state index contributed by atoms with van der Waals surface area (Å²) in [4.78, 5) is 27.4. The third-order valence-corrected chi connectivity index (χ3v) is 10.9. The maximum atomic E-state index is 13.9. The van der Waals surface area contributed by atoms with Crippen LogP contribution in [0.2, 0.25) is 0 Å². The molecule has 0 unspecified atom stereocenters. The molecule has 3 heterocycles. The van der Waals surface area contributed by atoms with E-state index in [0.717, 1.165) is 6.07 Å². The number of pyridine rings is 1. The number of aryl methyl sites for hydroxylation is 1. The Bertz CT molecular complexity index is 1510. The smallest absolute Gasteiger partial charge is 0.363 e. The van der Waals surface area contributed by atoms with E-state index in [2.05, 4.69) is 20.3 Å². The van der Waals surface area contributed by atoms with E-state index in [0.29, 0.717) is 33.5 Å². The van der Waals surface area contributed by atoms with E-state index in [-0.39, 0.29) is 43.8 Å². The van der Waals surface area contributed by atoms with Gasteiger partial charge in [-0.15, -0.1) is 0 Å². The van der Waals surface area contributed by atoms with Crippen molar-refractivity contribution in [2.75, 3.05) is 30.7 Å². The number of nitrogens with zero attached hydrogens (tertiary/aromatic N) is 4. The zero-order valence-electron chi connectivity index (χ0n) is 22.2. The molecule has 1 amide bonds. The van der Waals surface area contributed by atoms with Crippen molar-refractivity contribution in [2.45, 2.75) is 52.3 Å². The molecule has 7 nitrogen and oxygen atoms in total. The van der Waals surface area contributed by atoms with E-state index in [1.807, 2.05) is 0 Å². The molecule has 1 aliphatic heterocycles. The van der Waals surface area contributed by atoms with Crippen LogP contribution in [0.5, 0.6) is 0 Å². The molecule has 1 aromatic carbocycles. The molecule has 0 spiro atoms. The molecule has 5 rings (SSSR count). The van der Waals surface area contributed by atoms with Crippen molar-refractivity contribution in [1.82, 2.24) is 19.9 Å². The Morgan fingerprint density at radius 1 is 1.12 bits per heavy atom. The Balaban J connectivity index is 1.41. The molecule has 2 fully saturated rings. The number of alkyl halides is 5. The highest BCUT2D eigenvalue weighted by Gasteiger charge is 2.59. The molecule has 3 aromatic rings. The number of amides is 1. The predicted octanol–water partition coefficient (Wildman–Crippen LogP) is 5.71. The van der Waals surface area contributed by atoms with Gasteiger partial charge in [0.2, 0.25) is 5.91 Å². The van der Waals surface area contributed by atoms with Gasteiger partial charge < -0.3 is 14.8 Å². The van der Waals surface area contributed by atoms with Crippen molar-refractivity contribution in [3.05, 3.63) is 53.0 Å². The first-order chi connectivity index (χ1) is 18.7. The van der Waals surface area contributed by atoms with E-state index >= 15 is 0 Å². The molecule has 13 heteroatoms. The minimum absolute atomic E-state index is 0.103. The number of hydrogen-bond acceptors (Lipinski definition) is 6. The molecular weight excluding hydrogens is 552 g/mol. The third-order valence-electron chi connectivity index (χ3n) is 7.98. The van der Waals surface area contributed by atoms with Crippen LogP contribution in [0.3, 0.4) is 0 Å². The summed E-state index contributed by atoms with van der Waals surface area (Å²) in [5.41, 5.74) is -0.945. The number of carbonyl (C=O) groups is 1. The molecule has 1 N–H and O–H groups in total. The average molecular weight is 582 g/mol. The fraction of sp³-hybridized carbons (Fsp3) is 0.481. The van der Waals surface area contributed by atoms with E-state index in [4.69, 9.17) is 0 Å². The average Bonchev–Trinajstić information content (AvgIpc) is 3.70. The number of anilines is 1. The second kappa shape index (κ2) is 10.0. The summed E-state index contributed by atoms with van der Waals surface area (Å²) in [6, 6.07) is 5.11. The number of carbonyl (C=O) groups excluding carboxylic acids is 1. The lowest BCUT2D eigenvalue weighted by Crippen LogP contribution is -2.46. The number of nitrogens with one attached hydrogen (secondary N) is 1. The van der Waals surface area contributed by atoms with Gasteiger partial charge in [-0.2, -0.15) is 13.2 Å². The number of halogens is 5. The van der Waals surface area contributed by atoms with E-state index < -0.39 is 42.7 Å². The van der Waals surface area contributed by atoms with Gasteiger partial charge in [0.1, 0.15) is 29.6 Å². The quantitative estimate of drug-likeness (QED) is 0.297. The number of hydrogen-bond donors (Lipinski definition) is 1. The number of fused-ring (bicyclic) bond motifs is 1. The van der Waals surface area contributed by atoms with Crippen LogP contribution >= 0.6 is 7.14 Å². The van der Waals surface area contributed by atoms with Gasteiger partial charge in [-0.1, -0.05) is 12.1 Å². The molecular formula is C27H29F5N5O2P. The zero-order chi connectivity index (χ0) is 29.0. The van der Waals surface area contributed by atoms with Crippen LogP contribution in [0.25, 0.3) is 10.9 Å². The van der Waals surface area contributed by atoms with Gasteiger partial charge in [-0.25, -0.2) is 18.7 Å². The second-order valence-electron chi connectivity index (χ2n) is 10.6. The summed E-state index contributed by atoms with van der Waals surface area (Å²) in [6.45, 7) is 5.04. The molecule has 1 saturated heterocycles. The van der Waals surface area contributed by atoms with Crippen LogP contribution in [-0.2, 0) is 15.5 Å². The fourth-order valence-corrected chi connectivity index (χ4v) is 7.82. The van der Waals surface area contributed by atoms with Gasteiger partial charge in [-0.3, -0.25) is 9.78 Å². The Labute approximate surface area is 228 Å². The van der Waals surface area contributed by atoms with Crippen molar-refractivity contribution in [2.24, 2.45) is 5.41 Å². The van der Waals surface area contributed by atoms with Gasteiger partial charge in [0.25, 0.3) is 6.43 Å². The van der Waals surface area contributed by atoms with Crippen LogP contribution in [0.15, 0.2) is 30.5 Å². The highest BCUT2D eigenvalue weighted by atomic mass is 31.2. The highest BCUT2D eigenvalue weighted by Crippen LogP contribution is 2.53. The van der Waals surface area contributed by atoms with Crippen molar-refractivity contribution in [3.63, 3.8) is 0 Å². The lowest BCUT2D eigenvalue weighted by molar-refractivity contribution is -0.142. The van der Waals surface area contributed by atoms with Gasteiger partial charge in [0, 0.05) is 30.8 Å². The van der Waals surface area contributed by atoms with Gasteiger partial charge >= 0.3 is 6.18 Å². The first kappa shape index (κ1) is 28.4. The lowest BCUT2D eigenvalue weighted by atomic mass is 9.97. The molecule has 2 aliphatic rings. The standard InChI is InChI=1S/C27H29F5N5O2P/c1-15-18(5-4-6-20(15)27(30,31)32)16(2)34-23-19-13-22(33-14-21(19)35-17(3)36-23)40(39)11-9-37(10-12-40)25(38)26(7-8-26)24(28)29/h4-6,13-14,16,24H,7-12H2,1-3H3,(H,34,35,36)/t16-/m1/s1. The molecule has 0 bridgehead atoms. The summed E-state index contributed by atoms with van der Waals surface area (Å²) < 4.78 is 81.2. The van der Waals surface area contributed by atoms with Crippen molar-refractivity contribution < 1.29 is 31.3 Å². The van der Waals surface area contributed by atoms with E-state index in [1.165, 1.54) is 24.1 Å². The molecule has 1 atom stereocenters. The van der Waals surface area contributed by atoms with Crippen LogP contribution in [-0.4, -0.2) is 57.6 Å². The Hall–Kier alpha value is -3.14. The SMILES string of the molecule is Cc1nc(N[C@H](C)c2cccc(C(F)(F)F)c2C)c2cc(P3(=O)CCN(C(=O)C4(C(F)F)CC4)CC3)ncc2n1. The fourth-order valence-electron chi connectivity index (χ4n) is 5.38. The molecule has 0 radical (unpaired) electrons. The van der Waals surface area contributed by atoms with E-state index in [1.54, 1.807) is 26.0 Å². The van der Waals surface area contributed by atoms with Crippen molar-refractivity contribution in [1.29, 1.82) is 0 Å². The van der Waals surface area contributed by atoms with Crippen molar-refractivity contribution >= 4 is 35.2 Å². The normalized spacial score (nSPS) is 19.1. The summed E-state index contributed by atoms with van der Waals surface area (Å²) >= 11 is 0. The van der Waals surface area contributed by atoms with Crippen LogP contribution in [0.1, 0.15) is 48.3 Å². The first-order valence-electron chi connectivity index (χ1n) is 13.0. The minimum atomic E-state index is -4.48. The highest BCUT2D eigenvalue weighted by molar-refractivity contribution is 7.71. The number of aromatic nitrogens is 3. The Kier molecular flexibility index (Phi) is 7.13. The summed E-state index contributed by atoms with van der Waals surface area (Å²) in [7, 11) is -3.06. The van der Waals surface area contributed by atoms with Gasteiger partial charge in [-0.05, 0) is 56.9 Å². The maximum Gasteiger partial charge on any atom is 0.416 e. The summed E-state index contributed by atoms with van der Waals surface area (Å²) in [5.74, 6) is 0.210. The number of benzene rings is 1. The number of rotatable bonds is 6. The molecule has 1 saturated carbocycles. The van der Waals surface area contributed by atoms with Crippen LogP contribution < -0.4 is 10.8 Å². The molecule has 40 heavy (non-hydrogen) atoms. The zero-order valence-corrected chi connectivity index (χ0v) is 23.1. The van der Waals surface area contributed by atoms with Crippen LogP contribution in [0.4, 0.5) is 27.8 Å². The Morgan fingerprint density at radius 3 is 2.40 bits per heavy atom. The maximum absolute atomic E-state index is 13.9. The van der Waals surface area contributed by atoms with Crippen LogP contribution in [0, 0.1) is 19.3 Å². The van der Waals surface area contributed by atoms with Gasteiger partial charge in [0.05, 0.1) is 23.3 Å². The predicted molar refractivity (Wildman–Crippen MR) is 142 cm³/mol. The monoisotopic (exact) mass is 581 g/mol. The summed E-state index contributed by atoms with van der Waals surface area (Å²) in [5, 5.41) is 3.71.